The lowest BCUT2D eigenvalue weighted by Crippen LogP contribution is -2.31. The topological polar surface area (TPSA) is 99.2 Å². The molecule has 0 unspecified atom stereocenters. The number of carbonyl (C=O) groups excluding carboxylic acids is 3. The van der Waals surface area contributed by atoms with E-state index in [-0.39, 0.29) is 42.8 Å². The van der Waals surface area contributed by atoms with Crippen molar-refractivity contribution in [3.63, 3.8) is 0 Å². The van der Waals surface area contributed by atoms with Gasteiger partial charge in [0, 0.05) is 30.9 Å². The molecule has 2 rings (SSSR count). The number of hydrogen-bond donors (Lipinski definition) is 2. The van der Waals surface area contributed by atoms with Crippen LogP contribution in [0.3, 0.4) is 0 Å². The van der Waals surface area contributed by atoms with Crippen LogP contribution >= 0.6 is 0 Å². The Morgan fingerprint density at radius 3 is 2.50 bits per heavy atom. The molecule has 0 saturated heterocycles. The van der Waals surface area contributed by atoms with Crippen molar-refractivity contribution < 1.29 is 24.2 Å². The van der Waals surface area contributed by atoms with Crippen LogP contribution in [0.15, 0.2) is 29.5 Å². The molecule has 0 atom stereocenters. The largest absolute Gasteiger partial charge is 0.466 e. The summed E-state index contributed by atoms with van der Waals surface area (Å²) in [5.41, 5.74) is 2.29. The van der Waals surface area contributed by atoms with Crippen LogP contribution in [0.4, 0.5) is 5.69 Å². The number of anilines is 1. The Bertz CT molecular complexity index is 799. The van der Waals surface area contributed by atoms with Gasteiger partial charge >= 0.3 is 5.97 Å². The molecule has 1 aliphatic heterocycles. The first-order valence-electron chi connectivity index (χ1n) is 9.26. The van der Waals surface area contributed by atoms with Crippen LogP contribution in [0.1, 0.15) is 29.8 Å². The number of aliphatic hydroxyl groups excluding tert-OH is 1. The Hall–Kier alpha value is -2.87. The van der Waals surface area contributed by atoms with Crippen LogP contribution in [0.5, 0.6) is 0 Å². The van der Waals surface area contributed by atoms with Gasteiger partial charge in [-0.15, -0.1) is 0 Å². The van der Waals surface area contributed by atoms with E-state index in [2.05, 4.69) is 5.32 Å². The summed E-state index contributed by atoms with van der Waals surface area (Å²) < 4.78 is 4.78. The monoisotopic (exact) mass is 389 g/mol. The summed E-state index contributed by atoms with van der Waals surface area (Å²) in [5.74, 6) is -1.03. The van der Waals surface area contributed by atoms with Gasteiger partial charge in [-0.05, 0) is 44.5 Å². The zero-order valence-electron chi connectivity index (χ0n) is 16.7. The van der Waals surface area contributed by atoms with Crippen LogP contribution in [0.2, 0.25) is 0 Å². The maximum atomic E-state index is 12.6. The van der Waals surface area contributed by atoms with Gasteiger partial charge in [0.2, 0.25) is 0 Å². The molecule has 0 radical (unpaired) electrons. The average Bonchev–Trinajstić information content (AvgIpc) is 2.99. The molecule has 28 heavy (non-hydrogen) atoms. The fourth-order valence-electron chi connectivity index (χ4n) is 3.11. The van der Waals surface area contributed by atoms with E-state index in [0.29, 0.717) is 24.3 Å². The summed E-state index contributed by atoms with van der Waals surface area (Å²) in [7, 11) is 1.25. The van der Waals surface area contributed by atoms with Crippen molar-refractivity contribution >= 4 is 23.5 Å². The Morgan fingerprint density at radius 1 is 1.29 bits per heavy atom. The SMILES string of the molecule is CCN(CC)C(=O)c1ccc(NC2=C(C(=O)OC)CN(CCO)C2=O)c(C)c1. The van der Waals surface area contributed by atoms with Crippen molar-refractivity contribution in [2.24, 2.45) is 0 Å². The van der Waals surface area contributed by atoms with E-state index in [1.54, 1.807) is 23.1 Å². The van der Waals surface area contributed by atoms with Crippen molar-refractivity contribution in [1.82, 2.24) is 9.80 Å². The molecule has 1 aromatic rings. The van der Waals surface area contributed by atoms with Gasteiger partial charge in [0.05, 0.1) is 25.8 Å². The molecule has 8 nitrogen and oxygen atoms in total. The molecule has 0 aromatic heterocycles. The smallest absolute Gasteiger partial charge is 0.337 e. The summed E-state index contributed by atoms with van der Waals surface area (Å²) in [6, 6.07) is 5.17. The van der Waals surface area contributed by atoms with E-state index in [4.69, 9.17) is 9.84 Å². The molecule has 8 heteroatoms. The molecule has 0 fully saturated rings. The summed E-state index contributed by atoms with van der Waals surface area (Å²) in [6.07, 6.45) is 0. The number of hydrogen-bond acceptors (Lipinski definition) is 6. The van der Waals surface area contributed by atoms with Crippen molar-refractivity contribution in [3.8, 4) is 0 Å². The minimum atomic E-state index is -0.595. The van der Waals surface area contributed by atoms with Gasteiger partial charge in [0.1, 0.15) is 5.70 Å². The van der Waals surface area contributed by atoms with E-state index in [9.17, 15) is 14.4 Å². The van der Waals surface area contributed by atoms with Crippen molar-refractivity contribution in [3.05, 3.63) is 40.6 Å². The quantitative estimate of drug-likeness (QED) is 0.647. The molecule has 0 bridgehead atoms. The third kappa shape index (κ3) is 4.33. The first-order valence-corrected chi connectivity index (χ1v) is 9.26. The zero-order chi connectivity index (χ0) is 20.8. The third-order valence-corrected chi connectivity index (χ3v) is 4.74. The van der Waals surface area contributed by atoms with Gasteiger partial charge < -0.3 is 25.0 Å². The van der Waals surface area contributed by atoms with Gasteiger partial charge in [-0.25, -0.2) is 4.79 Å². The molecule has 152 valence electrons. The molecule has 0 spiro atoms. The van der Waals surface area contributed by atoms with E-state index >= 15 is 0 Å². The number of rotatable bonds is 8. The lowest BCUT2D eigenvalue weighted by Gasteiger charge is -2.19. The van der Waals surface area contributed by atoms with Crippen LogP contribution in [0, 0.1) is 6.92 Å². The fourth-order valence-corrected chi connectivity index (χ4v) is 3.11. The minimum Gasteiger partial charge on any atom is -0.466 e. The molecule has 1 heterocycles. The Morgan fingerprint density at radius 2 is 1.96 bits per heavy atom. The van der Waals surface area contributed by atoms with Crippen LogP contribution in [-0.4, -0.2) is 72.6 Å². The highest BCUT2D eigenvalue weighted by atomic mass is 16.5. The van der Waals surface area contributed by atoms with Crippen molar-refractivity contribution in [1.29, 1.82) is 0 Å². The second-order valence-corrected chi connectivity index (χ2v) is 6.43. The molecule has 1 aliphatic rings. The van der Waals surface area contributed by atoms with E-state index in [1.807, 2.05) is 20.8 Å². The van der Waals surface area contributed by atoms with E-state index in [0.717, 1.165) is 5.56 Å². The number of aryl methyl sites for hydroxylation is 1. The predicted octanol–water partition coefficient (Wildman–Crippen LogP) is 1.15. The number of carbonyl (C=O) groups is 3. The number of amides is 2. The standard InChI is InChI=1S/C20H27N3O5/c1-5-22(6-2)18(25)14-7-8-16(13(3)11-14)21-17-15(20(27)28-4)12-23(9-10-24)19(17)26/h7-8,11,21,24H,5-6,9-10,12H2,1-4H3. The first-order chi connectivity index (χ1) is 13.4. The highest BCUT2D eigenvalue weighted by molar-refractivity contribution is 6.08. The molecule has 0 aliphatic carbocycles. The van der Waals surface area contributed by atoms with Crippen LogP contribution in [-0.2, 0) is 14.3 Å². The zero-order valence-corrected chi connectivity index (χ0v) is 16.7. The van der Waals surface area contributed by atoms with Gasteiger partial charge in [-0.3, -0.25) is 9.59 Å². The highest BCUT2D eigenvalue weighted by Gasteiger charge is 2.34. The van der Waals surface area contributed by atoms with Gasteiger partial charge in [0.25, 0.3) is 11.8 Å². The summed E-state index contributed by atoms with van der Waals surface area (Å²) in [5, 5.41) is 12.1. The number of benzene rings is 1. The van der Waals surface area contributed by atoms with Gasteiger partial charge in [-0.1, -0.05) is 0 Å². The maximum absolute atomic E-state index is 12.6. The second-order valence-electron chi connectivity index (χ2n) is 6.43. The number of β-amino-alcohol motifs (C(OH)–C–C–N with tert-alkyl or cyclic N) is 1. The van der Waals surface area contributed by atoms with Gasteiger partial charge in [0.15, 0.2) is 0 Å². The molecule has 1 aromatic carbocycles. The highest BCUT2D eigenvalue weighted by Crippen LogP contribution is 2.25. The normalized spacial score (nSPS) is 13.8. The Balaban J connectivity index is 2.31. The molecule has 2 amide bonds. The van der Waals surface area contributed by atoms with Crippen LogP contribution < -0.4 is 5.32 Å². The Kier molecular flexibility index (Phi) is 7.17. The summed E-state index contributed by atoms with van der Waals surface area (Å²) in [4.78, 5) is 40.3. The van der Waals surface area contributed by atoms with Gasteiger partial charge in [-0.2, -0.15) is 0 Å². The average molecular weight is 389 g/mol. The van der Waals surface area contributed by atoms with Crippen molar-refractivity contribution in [2.45, 2.75) is 20.8 Å². The van der Waals surface area contributed by atoms with Crippen molar-refractivity contribution in [2.75, 3.05) is 45.2 Å². The minimum absolute atomic E-state index is 0.0554. The number of methoxy groups -OCH3 is 1. The number of ether oxygens (including phenoxy) is 1. The number of nitrogens with one attached hydrogen (secondary N) is 1. The van der Waals surface area contributed by atoms with Crippen LogP contribution in [0.25, 0.3) is 0 Å². The third-order valence-electron chi connectivity index (χ3n) is 4.74. The molecular formula is C20H27N3O5. The van der Waals surface area contributed by atoms with E-state index in [1.165, 1.54) is 12.0 Å². The first kappa shape index (κ1) is 21.4. The maximum Gasteiger partial charge on any atom is 0.337 e. The number of nitrogens with zero attached hydrogens (tertiary/aromatic N) is 2. The lowest BCUT2D eigenvalue weighted by molar-refractivity contribution is -0.136. The molecule has 0 saturated carbocycles. The summed E-state index contributed by atoms with van der Waals surface area (Å²) in [6.45, 7) is 6.92. The lowest BCUT2D eigenvalue weighted by atomic mass is 10.1. The second kappa shape index (κ2) is 9.36. The molecular weight excluding hydrogens is 362 g/mol. The Labute approximate surface area is 164 Å². The predicted molar refractivity (Wildman–Crippen MR) is 105 cm³/mol. The fraction of sp³-hybridized carbons (Fsp3) is 0.450. The van der Waals surface area contributed by atoms with E-state index < -0.39 is 5.97 Å². The number of aliphatic hydroxyl groups is 1. The number of esters is 1. The summed E-state index contributed by atoms with van der Waals surface area (Å²) >= 11 is 0. The molecule has 2 N–H and O–H groups in total.